The molecule has 0 aromatic heterocycles. The first-order valence-corrected chi connectivity index (χ1v) is 6.09. The minimum Gasteiger partial charge on any atom is -0.393 e. The summed E-state index contributed by atoms with van der Waals surface area (Å²) in [5.74, 6) is 0.381. The fourth-order valence-corrected chi connectivity index (χ4v) is 1.57. The first-order valence-electron chi connectivity index (χ1n) is 6.09. The van der Waals surface area contributed by atoms with E-state index in [-0.39, 0.29) is 36.3 Å². The number of nitrogens with two attached hydrogens (primary N) is 1. The van der Waals surface area contributed by atoms with Gasteiger partial charge in [-0.15, -0.1) is 12.4 Å². The lowest BCUT2D eigenvalue weighted by Crippen LogP contribution is -2.45. The van der Waals surface area contributed by atoms with Crippen molar-refractivity contribution in [3.05, 3.63) is 0 Å². The van der Waals surface area contributed by atoms with Gasteiger partial charge in [-0.3, -0.25) is 4.79 Å². The van der Waals surface area contributed by atoms with Gasteiger partial charge in [0.1, 0.15) is 0 Å². The fourth-order valence-electron chi connectivity index (χ4n) is 1.57. The van der Waals surface area contributed by atoms with Gasteiger partial charge in [0.25, 0.3) is 0 Å². The zero-order valence-electron chi connectivity index (χ0n) is 11.3. The van der Waals surface area contributed by atoms with Crippen molar-refractivity contribution in [2.75, 3.05) is 6.54 Å². The summed E-state index contributed by atoms with van der Waals surface area (Å²) in [6, 6.07) is -0.427. The van der Waals surface area contributed by atoms with Gasteiger partial charge in [-0.2, -0.15) is 0 Å². The zero-order chi connectivity index (χ0) is 12.7. The second-order valence-electron chi connectivity index (χ2n) is 4.85. The van der Waals surface area contributed by atoms with Crippen LogP contribution in [0.1, 0.15) is 40.5 Å². The minimum atomic E-state index is -0.427. The molecule has 0 radical (unpaired) electrons. The van der Waals surface area contributed by atoms with Crippen molar-refractivity contribution >= 4 is 18.3 Å². The van der Waals surface area contributed by atoms with Crippen molar-refractivity contribution in [1.82, 2.24) is 5.32 Å². The Morgan fingerprint density at radius 1 is 1.35 bits per heavy atom. The summed E-state index contributed by atoms with van der Waals surface area (Å²) in [5.41, 5.74) is 5.80. The van der Waals surface area contributed by atoms with Crippen LogP contribution in [0.5, 0.6) is 0 Å². The Balaban J connectivity index is 0. The third-order valence-corrected chi connectivity index (χ3v) is 2.93. The van der Waals surface area contributed by atoms with E-state index in [1.165, 1.54) is 0 Å². The zero-order valence-corrected chi connectivity index (χ0v) is 12.1. The summed E-state index contributed by atoms with van der Waals surface area (Å²) in [5, 5.41) is 12.0. The lowest BCUT2D eigenvalue weighted by atomic mass is 9.99. The average Bonchev–Trinajstić information content (AvgIpc) is 2.22. The molecule has 4 atom stereocenters. The van der Waals surface area contributed by atoms with Gasteiger partial charge in [0.2, 0.25) is 5.91 Å². The molecular formula is C12H27ClN2O2. The van der Waals surface area contributed by atoms with Crippen LogP contribution in [0.15, 0.2) is 0 Å². The Bertz CT molecular complexity index is 213. The second kappa shape index (κ2) is 9.68. The van der Waals surface area contributed by atoms with Gasteiger partial charge in [-0.25, -0.2) is 0 Å². The number of nitrogens with one attached hydrogen (secondary N) is 1. The maximum atomic E-state index is 11.6. The molecule has 4 unspecified atom stereocenters. The molecule has 0 saturated carbocycles. The molecule has 0 rings (SSSR count). The number of halogens is 1. The van der Waals surface area contributed by atoms with Gasteiger partial charge in [-0.05, 0) is 25.2 Å². The molecule has 0 aliphatic carbocycles. The Hall–Kier alpha value is -0.320. The van der Waals surface area contributed by atoms with E-state index in [0.29, 0.717) is 13.0 Å². The smallest absolute Gasteiger partial charge is 0.237 e. The minimum absolute atomic E-state index is 0. The Labute approximate surface area is 111 Å². The van der Waals surface area contributed by atoms with Crippen molar-refractivity contribution in [2.24, 2.45) is 17.6 Å². The van der Waals surface area contributed by atoms with E-state index in [1.807, 2.05) is 20.8 Å². The van der Waals surface area contributed by atoms with Crippen LogP contribution in [-0.4, -0.2) is 29.7 Å². The van der Waals surface area contributed by atoms with Crippen molar-refractivity contribution < 1.29 is 9.90 Å². The molecule has 0 aliphatic rings. The maximum Gasteiger partial charge on any atom is 0.237 e. The lowest BCUT2D eigenvalue weighted by Gasteiger charge is -2.20. The third kappa shape index (κ3) is 8.41. The standard InChI is InChI=1S/C12H26N2O2.ClH/c1-5-9(3)11(13)12(16)14-7-8(2)6-10(4)15;/h8-11,15H,5-7,13H2,1-4H3,(H,14,16);1H. The molecule has 4 N–H and O–H groups in total. The van der Waals surface area contributed by atoms with E-state index in [0.717, 1.165) is 6.42 Å². The van der Waals surface area contributed by atoms with Crippen LogP contribution in [-0.2, 0) is 4.79 Å². The van der Waals surface area contributed by atoms with Crippen LogP contribution in [0.3, 0.4) is 0 Å². The first-order chi connectivity index (χ1) is 7.38. The maximum absolute atomic E-state index is 11.6. The van der Waals surface area contributed by atoms with E-state index >= 15 is 0 Å². The van der Waals surface area contributed by atoms with Crippen LogP contribution in [0.2, 0.25) is 0 Å². The van der Waals surface area contributed by atoms with Gasteiger partial charge < -0.3 is 16.2 Å². The first kappa shape index (κ1) is 19.0. The molecule has 17 heavy (non-hydrogen) atoms. The monoisotopic (exact) mass is 266 g/mol. The topological polar surface area (TPSA) is 75.4 Å². The quantitative estimate of drug-likeness (QED) is 0.650. The van der Waals surface area contributed by atoms with Gasteiger partial charge in [0.05, 0.1) is 12.1 Å². The van der Waals surface area contributed by atoms with Crippen LogP contribution in [0, 0.1) is 11.8 Å². The lowest BCUT2D eigenvalue weighted by molar-refractivity contribution is -0.123. The summed E-state index contributed by atoms with van der Waals surface area (Å²) in [6.45, 7) is 8.33. The van der Waals surface area contributed by atoms with Crippen molar-refractivity contribution in [1.29, 1.82) is 0 Å². The van der Waals surface area contributed by atoms with Crippen molar-refractivity contribution in [3.8, 4) is 0 Å². The molecule has 4 nitrogen and oxygen atoms in total. The van der Waals surface area contributed by atoms with E-state index < -0.39 is 6.04 Å². The van der Waals surface area contributed by atoms with Crippen LogP contribution in [0.4, 0.5) is 0 Å². The summed E-state index contributed by atoms with van der Waals surface area (Å²) < 4.78 is 0. The normalized spacial score (nSPS) is 17.5. The molecule has 0 aromatic carbocycles. The number of amides is 1. The summed E-state index contributed by atoms with van der Waals surface area (Å²) in [4.78, 5) is 11.6. The highest BCUT2D eigenvalue weighted by Gasteiger charge is 2.19. The molecule has 0 spiro atoms. The van der Waals surface area contributed by atoms with E-state index in [9.17, 15) is 9.90 Å². The molecule has 0 fully saturated rings. The predicted molar refractivity (Wildman–Crippen MR) is 73.1 cm³/mol. The molecule has 5 heteroatoms. The van der Waals surface area contributed by atoms with Gasteiger partial charge in [0.15, 0.2) is 0 Å². The molecule has 0 saturated heterocycles. The number of aliphatic hydroxyl groups is 1. The average molecular weight is 267 g/mol. The highest BCUT2D eigenvalue weighted by molar-refractivity contribution is 5.85. The molecular weight excluding hydrogens is 240 g/mol. The molecule has 104 valence electrons. The highest BCUT2D eigenvalue weighted by atomic mass is 35.5. The Morgan fingerprint density at radius 3 is 2.29 bits per heavy atom. The van der Waals surface area contributed by atoms with Crippen molar-refractivity contribution in [2.45, 2.75) is 52.7 Å². The van der Waals surface area contributed by atoms with E-state index in [2.05, 4.69) is 5.32 Å². The summed E-state index contributed by atoms with van der Waals surface area (Å²) in [6.07, 6.45) is 1.27. The number of hydrogen-bond donors (Lipinski definition) is 3. The molecule has 0 aromatic rings. The van der Waals surface area contributed by atoms with E-state index in [4.69, 9.17) is 5.73 Å². The fraction of sp³-hybridized carbons (Fsp3) is 0.917. The summed E-state index contributed by atoms with van der Waals surface area (Å²) in [7, 11) is 0. The van der Waals surface area contributed by atoms with E-state index in [1.54, 1.807) is 6.92 Å². The molecule has 0 bridgehead atoms. The molecule has 0 aliphatic heterocycles. The molecule has 0 heterocycles. The van der Waals surface area contributed by atoms with Gasteiger partial charge in [-0.1, -0.05) is 27.2 Å². The predicted octanol–water partition coefficient (Wildman–Crippen LogP) is 1.30. The third-order valence-electron chi connectivity index (χ3n) is 2.93. The van der Waals surface area contributed by atoms with Crippen LogP contribution < -0.4 is 11.1 Å². The van der Waals surface area contributed by atoms with Crippen molar-refractivity contribution in [3.63, 3.8) is 0 Å². The number of hydrogen-bond acceptors (Lipinski definition) is 3. The highest BCUT2D eigenvalue weighted by Crippen LogP contribution is 2.07. The summed E-state index contributed by atoms with van der Waals surface area (Å²) >= 11 is 0. The SMILES string of the molecule is CCC(C)C(N)C(=O)NCC(C)CC(C)O.Cl. The van der Waals surface area contributed by atoms with Crippen LogP contribution in [0.25, 0.3) is 0 Å². The largest absolute Gasteiger partial charge is 0.393 e. The number of carbonyl (C=O) groups is 1. The number of rotatable bonds is 7. The second-order valence-corrected chi connectivity index (χ2v) is 4.85. The molecule has 1 amide bonds. The van der Waals surface area contributed by atoms with Gasteiger partial charge >= 0.3 is 0 Å². The number of aliphatic hydroxyl groups excluding tert-OH is 1. The van der Waals surface area contributed by atoms with Crippen LogP contribution >= 0.6 is 12.4 Å². The van der Waals surface area contributed by atoms with Gasteiger partial charge in [0, 0.05) is 6.54 Å². The number of carbonyl (C=O) groups excluding carboxylic acids is 1. The Morgan fingerprint density at radius 2 is 1.88 bits per heavy atom. The Kier molecular flexibility index (Phi) is 10.8.